The molecule has 15 heavy (non-hydrogen) atoms. The maximum Gasteiger partial charge on any atom is 0.261 e. The van der Waals surface area contributed by atoms with Gasteiger partial charge in [-0.05, 0) is 24.3 Å². The van der Waals surface area contributed by atoms with Crippen LogP contribution < -0.4 is 5.32 Å². The Labute approximate surface area is 96.6 Å². The molecule has 0 aliphatic rings. The van der Waals surface area contributed by atoms with Gasteiger partial charge in [0.2, 0.25) is 5.91 Å². The number of amides is 1. The zero-order valence-electron chi connectivity index (χ0n) is 7.41. The quantitative estimate of drug-likeness (QED) is 0.671. The van der Waals surface area contributed by atoms with Crippen LogP contribution in [-0.2, 0) is 13.8 Å². The predicted molar refractivity (Wildman–Crippen MR) is 58.8 cm³/mol. The van der Waals surface area contributed by atoms with Crippen molar-refractivity contribution in [1.82, 2.24) is 0 Å². The molecule has 0 radical (unpaired) electrons. The molecular formula is C8H7Cl2NO3S. The first kappa shape index (κ1) is 12.3. The van der Waals surface area contributed by atoms with Crippen LogP contribution in [-0.4, -0.2) is 20.2 Å². The summed E-state index contributed by atoms with van der Waals surface area (Å²) >= 11 is 5.28. The zero-order valence-corrected chi connectivity index (χ0v) is 9.73. The lowest BCUT2D eigenvalue weighted by atomic mass is 10.3. The summed E-state index contributed by atoms with van der Waals surface area (Å²) in [7, 11) is 1.39. The average molecular weight is 268 g/mol. The van der Waals surface area contributed by atoms with Gasteiger partial charge in [0.1, 0.15) is 5.88 Å². The first-order chi connectivity index (χ1) is 6.93. The molecule has 1 rings (SSSR count). The molecule has 0 aromatic heterocycles. The molecule has 0 saturated heterocycles. The molecule has 1 aromatic rings. The number of alkyl halides is 1. The molecular weight excluding hydrogens is 261 g/mol. The number of hydrogen-bond donors (Lipinski definition) is 1. The summed E-state index contributed by atoms with van der Waals surface area (Å²) in [6.45, 7) is 0. The Kier molecular flexibility index (Phi) is 3.96. The molecule has 82 valence electrons. The Morgan fingerprint density at radius 1 is 1.27 bits per heavy atom. The van der Waals surface area contributed by atoms with Crippen LogP contribution in [0.4, 0.5) is 5.69 Å². The molecule has 0 saturated carbocycles. The number of rotatable bonds is 3. The topological polar surface area (TPSA) is 63.2 Å². The Hall–Kier alpha value is -0.780. The van der Waals surface area contributed by atoms with E-state index >= 15 is 0 Å². The lowest BCUT2D eigenvalue weighted by Crippen LogP contribution is -2.12. The summed E-state index contributed by atoms with van der Waals surface area (Å²) in [6.07, 6.45) is 0. The summed E-state index contributed by atoms with van der Waals surface area (Å²) in [5.74, 6) is -0.520. The minimum absolute atomic E-state index is 0.0203. The third-order valence-corrected chi connectivity index (χ3v) is 3.15. The van der Waals surface area contributed by atoms with Gasteiger partial charge in [0.05, 0.1) is 4.90 Å². The smallest absolute Gasteiger partial charge is 0.261 e. The SMILES string of the molecule is O=C(CCl)Nc1ccc(S(=O)(=O)Cl)cc1. The van der Waals surface area contributed by atoms with Crippen molar-refractivity contribution in [2.24, 2.45) is 0 Å². The number of anilines is 1. The van der Waals surface area contributed by atoms with E-state index < -0.39 is 9.05 Å². The van der Waals surface area contributed by atoms with E-state index in [1.807, 2.05) is 0 Å². The number of carbonyl (C=O) groups is 1. The highest BCUT2D eigenvalue weighted by Gasteiger charge is 2.09. The van der Waals surface area contributed by atoms with Crippen molar-refractivity contribution in [3.63, 3.8) is 0 Å². The Morgan fingerprint density at radius 2 is 1.80 bits per heavy atom. The van der Waals surface area contributed by atoms with E-state index in [4.69, 9.17) is 22.3 Å². The van der Waals surface area contributed by atoms with E-state index in [0.717, 1.165) is 0 Å². The van der Waals surface area contributed by atoms with Gasteiger partial charge in [-0.1, -0.05) is 0 Å². The van der Waals surface area contributed by atoms with Gasteiger partial charge in [-0.2, -0.15) is 0 Å². The molecule has 0 spiro atoms. The molecule has 1 aromatic carbocycles. The summed E-state index contributed by atoms with van der Waals surface area (Å²) in [6, 6.07) is 5.46. The van der Waals surface area contributed by atoms with E-state index in [9.17, 15) is 13.2 Å². The van der Waals surface area contributed by atoms with Crippen LogP contribution >= 0.6 is 22.3 Å². The number of hydrogen-bond acceptors (Lipinski definition) is 3. The monoisotopic (exact) mass is 267 g/mol. The van der Waals surface area contributed by atoms with Gasteiger partial charge in [-0.25, -0.2) is 8.42 Å². The minimum Gasteiger partial charge on any atom is -0.325 e. The Balaban J connectivity index is 2.86. The zero-order chi connectivity index (χ0) is 11.5. The van der Waals surface area contributed by atoms with Crippen molar-refractivity contribution in [3.05, 3.63) is 24.3 Å². The van der Waals surface area contributed by atoms with Gasteiger partial charge >= 0.3 is 0 Å². The molecule has 4 nitrogen and oxygen atoms in total. The van der Waals surface area contributed by atoms with Crippen LogP contribution in [0.15, 0.2) is 29.2 Å². The molecule has 0 aliphatic carbocycles. The first-order valence-corrected chi connectivity index (χ1v) is 6.68. The van der Waals surface area contributed by atoms with Gasteiger partial charge in [0, 0.05) is 16.4 Å². The average Bonchev–Trinajstić information content (AvgIpc) is 2.17. The predicted octanol–water partition coefficient (Wildman–Crippen LogP) is 1.79. The van der Waals surface area contributed by atoms with Crippen LogP contribution in [0, 0.1) is 0 Å². The van der Waals surface area contributed by atoms with Crippen LogP contribution in [0.3, 0.4) is 0 Å². The maximum absolute atomic E-state index is 10.9. The molecule has 1 amide bonds. The van der Waals surface area contributed by atoms with E-state index in [0.29, 0.717) is 5.69 Å². The van der Waals surface area contributed by atoms with Crippen molar-refractivity contribution in [2.75, 3.05) is 11.2 Å². The number of halogens is 2. The highest BCUT2D eigenvalue weighted by atomic mass is 35.7. The van der Waals surface area contributed by atoms with Gasteiger partial charge in [-0.3, -0.25) is 4.79 Å². The summed E-state index contributed by atoms with van der Waals surface area (Å²) in [5.41, 5.74) is 0.463. The largest absolute Gasteiger partial charge is 0.325 e. The normalized spacial score (nSPS) is 11.1. The second-order valence-corrected chi connectivity index (χ2v) is 5.48. The Morgan fingerprint density at radius 3 is 2.20 bits per heavy atom. The van der Waals surface area contributed by atoms with Crippen LogP contribution in [0.1, 0.15) is 0 Å². The Bertz CT molecular complexity index is 455. The van der Waals surface area contributed by atoms with Gasteiger partial charge < -0.3 is 5.32 Å². The fourth-order valence-corrected chi connectivity index (χ4v) is 1.73. The molecule has 7 heteroatoms. The maximum atomic E-state index is 10.9. The van der Waals surface area contributed by atoms with Crippen molar-refractivity contribution in [1.29, 1.82) is 0 Å². The van der Waals surface area contributed by atoms with Crippen LogP contribution in [0.2, 0.25) is 0 Å². The molecule has 1 N–H and O–H groups in total. The highest BCUT2D eigenvalue weighted by molar-refractivity contribution is 8.13. The van der Waals surface area contributed by atoms with E-state index in [1.165, 1.54) is 24.3 Å². The highest BCUT2D eigenvalue weighted by Crippen LogP contribution is 2.17. The number of carbonyl (C=O) groups excluding carboxylic acids is 1. The standard InChI is InChI=1S/C8H7Cl2NO3S/c9-5-8(12)11-6-1-3-7(4-2-6)15(10,13)14/h1-4H,5H2,(H,11,12). The van der Waals surface area contributed by atoms with Crippen LogP contribution in [0.5, 0.6) is 0 Å². The molecule has 0 bridgehead atoms. The van der Waals surface area contributed by atoms with E-state index in [-0.39, 0.29) is 16.7 Å². The van der Waals surface area contributed by atoms with E-state index in [2.05, 4.69) is 5.32 Å². The second-order valence-electron chi connectivity index (χ2n) is 2.64. The first-order valence-electron chi connectivity index (χ1n) is 3.84. The van der Waals surface area contributed by atoms with E-state index in [1.54, 1.807) is 0 Å². The lowest BCUT2D eigenvalue weighted by Gasteiger charge is -2.02. The fourth-order valence-electron chi connectivity index (χ4n) is 0.895. The molecule has 0 aliphatic heterocycles. The minimum atomic E-state index is -3.72. The molecule has 0 unspecified atom stereocenters. The fraction of sp³-hybridized carbons (Fsp3) is 0.125. The second kappa shape index (κ2) is 4.83. The van der Waals surface area contributed by atoms with Crippen LogP contribution in [0.25, 0.3) is 0 Å². The molecule has 0 heterocycles. The van der Waals surface area contributed by atoms with Gasteiger partial charge in [0.25, 0.3) is 9.05 Å². The molecule has 0 atom stereocenters. The van der Waals surface area contributed by atoms with Crippen molar-refractivity contribution < 1.29 is 13.2 Å². The third kappa shape index (κ3) is 3.70. The van der Waals surface area contributed by atoms with Crippen molar-refractivity contribution in [3.8, 4) is 0 Å². The lowest BCUT2D eigenvalue weighted by molar-refractivity contribution is -0.113. The van der Waals surface area contributed by atoms with Gasteiger partial charge in [0.15, 0.2) is 0 Å². The van der Waals surface area contributed by atoms with Crippen molar-refractivity contribution in [2.45, 2.75) is 4.90 Å². The summed E-state index contributed by atoms with van der Waals surface area (Å²) < 4.78 is 21.8. The van der Waals surface area contributed by atoms with Gasteiger partial charge in [-0.15, -0.1) is 11.6 Å². The summed E-state index contributed by atoms with van der Waals surface area (Å²) in [5, 5.41) is 2.46. The summed E-state index contributed by atoms with van der Waals surface area (Å²) in [4.78, 5) is 10.9. The third-order valence-electron chi connectivity index (χ3n) is 1.54. The number of benzene rings is 1. The molecule has 0 fully saturated rings. The number of nitrogens with one attached hydrogen (secondary N) is 1. The van der Waals surface area contributed by atoms with Crippen molar-refractivity contribution >= 4 is 42.9 Å².